The molecule has 3 aliphatic rings. The lowest BCUT2D eigenvalue weighted by molar-refractivity contribution is 0.109. The number of likely N-dealkylation sites (tertiary alicyclic amines) is 1. The van der Waals surface area contributed by atoms with E-state index in [1.54, 1.807) is 16.7 Å². The molecule has 108 valence electrons. The molecule has 1 N–H and O–H groups in total. The third-order valence-corrected chi connectivity index (χ3v) is 5.61. The van der Waals surface area contributed by atoms with Crippen molar-refractivity contribution in [2.45, 2.75) is 51.1 Å². The van der Waals surface area contributed by atoms with Crippen LogP contribution in [0.5, 0.6) is 0 Å². The van der Waals surface area contributed by atoms with Gasteiger partial charge in [-0.05, 0) is 74.2 Å². The normalized spacial score (nSPS) is 30.0. The Morgan fingerprint density at radius 1 is 1.15 bits per heavy atom. The first-order valence-corrected chi connectivity index (χ1v) is 8.45. The molecule has 0 radical (unpaired) electrons. The molecule has 0 bridgehead atoms. The van der Waals surface area contributed by atoms with E-state index in [-0.39, 0.29) is 0 Å². The Morgan fingerprint density at radius 3 is 3.15 bits per heavy atom. The zero-order valence-electron chi connectivity index (χ0n) is 12.4. The second-order valence-corrected chi connectivity index (χ2v) is 6.90. The summed E-state index contributed by atoms with van der Waals surface area (Å²) in [5.74, 6) is 0.897. The first-order chi connectivity index (χ1) is 9.90. The Morgan fingerprint density at radius 2 is 2.15 bits per heavy atom. The average molecular weight is 270 g/mol. The minimum absolute atomic E-state index is 0.807. The molecule has 2 nitrogen and oxygen atoms in total. The van der Waals surface area contributed by atoms with Gasteiger partial charge in [0.2, 0.25) is 0 Å². The van der Waals surface area contributed by atoms with Gasteiger partial charge in [0.05, 0.1) is 0 Å². The van der Waals surface area contributed by atoms with Crippen LogP contribution >= 0.6 is 0 Å². The van der Waals surface area contributed by atoms with Crippen LogP contribution in [0, 0.1) is 5.92 Å². The van der Waals surface area contributed by atoms with Crippen LogP contribution in [0.4, 0.5) is 0 Å². The van der Waals surface area contributed by atoms with Crippen LogP contribution < -0.4 is 5.32 Å². The third kappa shape index (κ3) is 2.40. The van der Waals surface area contributed by atoms with E-state index in [0.717, 1.165) is 12.0 Å². The van der Waals surface area contributed by atoms with Gasteiger partial charge in [0, 0.05) is 19.1 Å². The van der Waals surface area contributed by atoms with Gasteiger partial charge in [0.1, 0.15) is 0 Å². The van der Waals surface area contributed by atoms with Crippen molar-refractivity contribution < 1.29 is 0 Å². The van der Waals surface area contributed by atoms with Crippen molar-refractivity contribution in [3.63, 3.8) is 0 Å². The predicted molar refractivity (Wildman–Crippen MR) is 82.9 cm³/mol. The molecular formula is C18H26N2. The molecule has 4 rings (SSSR count). The maximum atomic E-state index is 3.72. The fourth-order valence-electron chi connectivity index (χ4n) is 4.55. The molecule has 0 aromatic heterocycles. The zero-order valence-corrected chi connectivity index (χ0v) is 12.4. The summed E-state index contributed by atoms with van der Waals surface area (Å²) in [6.07, 6.45) is 8.13. The molecule has 20 heavy (non-hydrogen) atoms. The Kier molecular flexibility index (Phi) is 3.53. The standard InChI is InChI=1S/C18H26N2/c1-4-14-5-2-8-17(14)15(6-1)12-20-11-9-18-16(13-20)7-3-10-19-18/h1,4,6,16,18-19H,2-3,5,7-13H2. The van der Waals surface area contributed by atoms with E-state index in [2.05, 4.69) is 28.4 Å². The van der Waals surface area contributed by atoms with Crippen LogP contribution in [0.3, 0.4) is 0 Å². The first kappa shape index (κ1) is 12.8. The number of aryl methyl sites for hydroxylation is 1. The van der Waals surface area contributed by atoms with Gasteiger partial charge in [-0.15, -0.1) is 0 Å². The van der Waals surface area contributed by atoms with E-state index in [1.165, 1.54) is 64.7 Å². The maximum absolute atomic E-state index is 3.72. The minimum Gasteiger partial charge on any atom is -0.314 e. The van der Waals surface area contributed by atoms with Crippen LogP contribution in [0.2, 0.25) is 0 Å². The number of hydrogen-bond acceptors (Lipinski definition) is 2. The molecule has 2 aliphatic heterocycles. The highest BCUT2D eigenvalue weighted by atomic mass is 15.2. The largest absolute Gasteiger partial charge is 0.314 e. The monoisotopic (exact) mass is 270 g/mol. The van der Waals surface area contributed by atoms with Crippen LogP contribution in [0.25, 0.3) is 0 Å². The molecule has 2 unspecified atom stereocenters. The van der Waals surface area contributed by atoms with E-state index in [9.17, 15) is 0 Å². The van der Waals surface area contributed by atoms with E-state index in [0.29, 0.717) is 0 Å². The predicted octanol–water partition coefficient (Wildman–Crippen LogP) is 2.75. The van der Waals surface area contributed by atoms with Gasteiger partial charge < -0.3 is 5.32 Å². The Labute approximate surface area is 122 Å². The topological polar surface area (TPSA) is 15.3 Å². The highest BCUT2D eigenvalue weighted by Crippen LogP contribution is 2.29. The summed E-state index contributed by atoms with van der Waals surface area (Å²) in [5.41, 5.74) is 4.91. The number of rotatable bonds is 2. The van der Waals surface area contributed by atoms with Crippen LogP contribution in [-0.2, 0) is 19.4 Å². The molecule has 0 spiro atoms. The molecule has 2 saturated heterocycles. The molecule has 1 aliphatic carbocycles. The van der Waals surface area contributed by atoms with E-state index < -0.39 is 0 Å². The molecule has 2 atom stereocenters. The summed E-state index contributed by atoms with van der Waals surface area (Å²) < 4.78 is 0. The number of benzene rings is 1. The number of nitrogens with one attached hydrogen (secondary N) is 1. The Hall–Kier alpha value is -0.860. The molecule has 2 heteroatoms. The second-order valence-electron chi connectivity index (χ2n) is 6.90. The molecular weight excluding hydrogens is 244 g/mol. The van der Waals surface area contributed by atoms with Crippen molar-refractivity contribution in [3.05, 3.63) is 34.9 Å². The third-order valence-electron chi connectivity index (χ3n) is 5.61. The van der Waals surface area contributed by atoms with E-state index in [4.69, 9.17) is 0 Å². The summed E-state index contributed by atoms with van der Waals surface area (Å²) in [7, 11) is 0. The van der Waals surface area contributed by atoms with Crippen molar-refractivity contribution in [2.75, 3.05) is 19.6 Å². The van der Waals surface area contributed by atoms with E-state index in [1.807, 2.05) is 0 Å². The van der Waals surface area contributed by atoms with Gasteiger partial charge in [-0.3, -0.25) is 4.90 Å². The molecule has 1 aromatic rings. The van der Waals surface area contributed by atoms with Gasteiger partial charge >= 0.3 is 0 Å². The van der Waals surface area contributed by atoms with Crippen LogP contribution in [-0.4, -0.2) is 30.6 Å². The molecule has 2 heterocycles. The first-order valence-electron chi connectivity index (χ1n) is 8.45. The quantitative estimate of drug-likeness (QED) is 0.889. The lowest BCUT2D eigenvalue weighted by atomic mass is 9.85. The SMILES string of the molecule is c1cc2c(c(CN3CCC4NCCCC4C3)c1)CCC2. The van der Waals surface area contributed by atoms with Gasteiger partial charge in [-0.25, -0.2) is 0 Å². The lowest BCUT2D eigenvalue weighted by Gasteiger charge is -2.42. The summed E-state index contributed by atoms with van der Waals surface area (Å²) in [6.45, 7) is 5.01. The number of hydrogen-bond donors (Lipinski definition) is 1. The number of fused-ring (bicyclic) bond motifs is 2. The van der Waals surface area contributed by atoms with Crippen molar-refractivity contribution in [3.8, 4) is 0 Å². The molecule has 0 amide bonds. The molecule has 1 aromatic carbocycles. The number of nitrogens with zero attached hydrogens (tertiary/aromatic N) is 1. The van der Waals surface area contributed by atoms with Gasteiger partial charge in [-0.2, -0.15) is 0 Å². The summed E-state index contributed by atoms with van der Waals surface area (Å²) in [6, 6.07) is 7.79. The lowest BCUT2D eigenvalue weighted by Crippen LogP contribution is -2.51. The van der Waals surface area contributed by atoms with Gasteiger partial charge in [0.15, 0.2) is 0 Å². The van der Waals surface area contributed by atoms with Crippen LogP contribution in [0.1, 0.15) is 42.4 Å². The number of piperidine rings is 2. The summed E-state index contributed by atoms with van der Waals surface area (Å²) in [4.78, 5) is 2.71. The van der Waals surface area contributed by atoms with Crippen LogP contribution in [0.15, 0.2) is 18.2 Å². The van der Waals surface area contributed by atoms with Crippen molar-refractivity contribution in [2.24, 2.45) is 5.92 Å². The van der Waals surface area contributed by atoms with Crippen molar-refractivity contribution in [1.29, 1.82) is 0 Å². The average Bonchev–Trinajstić information content (AvgIpc) is 2.97. The zero-order chi connectivity index (χ0) is 13.4. The maximum Gasteiger partial charge on any atom is 0.0236 e. The second kappa shape index (κ2) is 5.50. The van der Waals surface area contributed by atoms with Gasteiger partial charge in [-0.1, -0.05) is 18.2 Å². The highest BCUT2D eigenvalue weighted by molar-refractivity contribution is 5.38. The minimum atomic E-state index is 0.807. The Balaban J connectivity index is 1.46. The fraction of sp³-hybridized carbons (Fsp3) is 0.667. The van der Waals surface area contributed by atoms with E-state index >= 15 is 0 Å². The summed E-state index contributed by atoms with van der Waals surface area (Å²) in [5, 5.41) is 3.72. The fourth-order valence-corrected chi connectivity index (χ4v) is 4.55. The Bertz CT molecular complexity index is 482. The molecule has 0 saturated carbocycles. The highest BCUT2D eigenvalue weighted by Gasteiger charge is 2.31. The van der Waals surface area contributed by atoms with Crippen molar-refractivity contribution in [1.82, 2.24) is 10.2 Å². The smallest absolute Gasteiger partial charge is 0.0236 e. The summed E-state index contributed by atoms with van der Waals surface area (Å²) >= 11 is 0. The van der Waals surface area contributed by atoms with Gasteiger partial charge in [0.25, 0.3) is 0 Å². The molecule has 2 fully saturated rings. The van der Waals surface area contributed by atoms with Crippen molar-refractivity contribution >= 4 is 0 Å².